The molecule has 5 heteroatoms. The van der Waals surface area contributed by atoms with Gasteiger partial charge in [0, 0.05) is 12.7 Å². The summed E-state index contributed by atoms with van der Waals surface area (Å²) >= 11 is 2.97. The molecule has 0 aliphatic rings. The highest BCUT2D eigenvalue weighted by Crippen LogP contribution is 2.25. The Bertz CT molecular complexity index is 354. The number of nitrogens with one attached hydrogen (secondary N) is 1. The maximum absolute atomic E-state index is 13.3. The molecule has 0 fully saturated rings. The molecule has 0 aromatic heterocycles. The molecule has 0 spiro atoms. The van der Waals surface area contributed by atoms with Gasteiger partial charge in [0.2, 0.25) is 0 Å². The number of primary amides is 1. The molecule has 3 nitrogen and oxygen atoms in total. The molecule has 1 aromatic rings. The monoisotopic (exact) mass is 246 g/mol. The summed E-state index contributed by atoms with van der Waals surface area (Å²) in [6.07, 6.45) is 0. The van der Waals surface area contributed by atoms with Crippen LogP contribution in [0.2, 0.25) is 0 Å². The Hall–Kier alpha value is -1.10. The van der Waals surface area contributed by atoms with Crippen LogP contribution in [0.15, 0.2) is 16.6 Å². The van der Waals surface area contributed by atoms with Gasteiger partial charge in [-0.1, -0.05) is 0 Å². The molecule has 0 saturated heterocycles. The van der Waals surface area contributed by atoms with E-state index in [0.29, 0.717) is 5.69 Å². The van der Waals surface area contributed by atoms with Crippen molar-refractivity contribution in [2.75, 3.05) is 12.4 Å². The quantitative estimate of drug-likeness (QED) is 0.836. The molecule has 0 radical (unpaired) electrons. The van der Waals surface area contributed by atoms with E-state index in [0.717, 1.165) is 0 Å². The van der Waals surface area contributed by atoms with Gasteiger partial charge in [-0.2, -0.15) is 0 Å². The first-order valence-corrected chi connectivity index (χ1v) is 4.32. The number of anilines is 1. The number of nitrogens with two attached hydrogens (primary N) is 1. The van der Waals surface area contributed by atoms with Crippen molar-refractivity contribution in [1.82, 2.24) is 0 Å². The van der Waals surface area contributed by atoms with Crippen LogP contribution < -0.4 is 11.1 Å². The van der Waals surface area contributed by atoms with E-state index >= 15 is 0 Å². The van der Waals surface area contributed by atoms with Crippen LogP contribution in [-0.2, 0) is 0 Å². The molecule has 70 valence electrons. The lowest BCUT2D eigenvalue weighted by atomic mass is 10.1. The van der Waals surface area contributed by atoms with Gasteiger partial charge >= 0.3 is 0 Å². The van der Waals surface area contributed by atoms with Gasteiger partial charge in [-0.3, -0.25) is 4.79 Å². The second-order valence-electron chi connectivity index (χ2n) is 2.40. The molecule has 0 atom stereocenters. The summed E-state index contributed by atoms with van der Waals surface area (Å²) in [4.78, 5) is 10.9. The maximum Gasteiger partial charge on any atom is 0.253 e. The molecule has 0 saturated carbocycles. The number of halogens is 2. The van der Waals surface area contributed by atoms with E-state index in [4.69, 9.17) is 5.73 Å². The fourth-order valence-electron chi connectivity index (χ4n) is 1.000. The number of amides is 1. The predicted octanol–water partition coefficient (Wildman–Crippen LogP) is 1.73. The zero-order valence-corrected chi connectivity index (χ0v) is 8.48. The fourth-order valence-corrected chi connectivity index (χ4v) is 1.33. The van der Waals surface area contributed by atoms with Crippen LogP contribution in [0, 0.1) is 5.82 Å². The number of rotatable bonds is 2. The second-order valence-corrected chi connectivity index (χ2v) is 3.25. The Kier molecular flexibility index (Phi) is 2.87. The molecule has 3 N–H and O–H groups in total. The van der Waals surface area contributed by atoms with Crippen LogP contribution in [-0.4, -0.2) is 13.0 Å². The molecule has 13 heavy (non-hydrogen) atoms. The van der Waals surface area contributed by atoms with Crippen molar-refractivity contribution in [3.63, 3.8) is 0 Å². The summed E-state index contributed by atoms with van der Waals surface area (Å²) in [7, 11) is 1.59. The Morgan fingerprint density at radius 2 is 2.23 bits per heavy atom. The largest absolute Gasteiger partial charge is 0.387 e. The third kappa shape index (κ3) is 1.80. The van der Waals surface area contributed by atoms with Gasteiger partial charge in [0.15, 0.2) is 5.82 Å². The minimum atomic E-state index is -0.789. The van der Waals surface area contributed by atoms with Crippen molar-refractivity contribution in [2.45, 2.75) is 0 Å². The van der Waals surface area contributed by atoms with Gasteiger partial charge in [-0.15, -0.1) is 0 Å². The third-order valence-corrected chi connectivity index (χ3v) is 2.22. The highest BCUT2D eigenvalue weighted by Gasteiger charge is 2.15. The van der Waals surface area contributed by atoms with Crippen molar-refractivity contribution < 1.29 is 9.18 Å². The minimum Gasteiger partial charge on any atom is -0.387 e. The lowest BCUT2D eigenvalue weighted by molar-refractivity contribution is 0.0997. The molecule has 1 aromatic carbocycles. The second kappa shape index (κ2) is 3.74. The smallest absolute Gasteiger partial charge is 0.253 e. The van der Waals surface area contributed by atoms with E-state index in [1.807, 2.05) is 0 Å². The van der Waals surface area contributed by atoms with Crippen molar-refractivity contribution in [3.8, 4) is 0 Å². The molecule has 0 heterocycles. The van der Waals surface area contributed by atoms with Crippen LogP contribution in [0.1, 0.15) is 10.4 Å². The van der Waals surface area contributed by atoms with Crippen LogP contribution in [0.3, 0.4) is 0 Å². The molecule has 0 unspecified atom stereocenters. The first-order valence-electron chi connectivity index (χ1n) is 3.53. The Morgan fingerprint density at radius 3 is 2.69 bits per heavy atom. The van der Waals surface area contributed by atoms with E-state index in [2.05, 4.69) is 21.2 Å². The number of hydrogen-bond donors (Lipinski definition) is 2. The normalized spacial score (nSPS) is 9.77. The number of benzene rings is 1. The SMILES string of the molecule is CNc1ccc(Br)c(F)c1C(N)=O. The van der Waals surface area contributed by atoms with E-state index in [1.54, 1.807) is 13.1 Å². The molecular weight excluding hydrogens is 239 g/mol. The average Bonchev–Trinajstić information content (AvgIpc) is 2.08. The first kappa shape index (κ1) is 9.98. The van der Waals surface area contributed by atoms with E-state index in [9.17, 15) is 9.18 Å². The van der Waals surface area contributed by atoms with Gasteiger partial charge in [-0.05, 0) is 28.1 Å². The topological polar surface area (TPSA) is 55.1 Å². The van der Waals surface area contributed by atoms with Gasteiger partial charge in [0.1, 0.15) is 0 Å². The van der Waals surface area contributed by atoms with Crippen LogP contribution in [0.5, 0.6) is 0 Å². The summed E-state index contributed by atoms with van der Waals surface area (Å²) in [5, 5.41) is 2.68. The van der Waals surface area contributed by atoms with Gasteiger partial charge in [0.05, 0.1) is 10.0 Å². The van der Waals surface area contributed by atoms with E-state index in [-0.39, 0.29) is 10.0 Å². The van der Waals surface area contributed by atoms with Crippen molar-refractivity contribution >= 4 is 27.5 Å². The Morgan fingerprint density at radius 1 is 1.62 bits per heavy atom. The minimum absolute atomic E-state index is 0.128. The zero-order valence-electron chi connectivity index (χ0n) is 6.90. The van der Waals surface area contributed by atoms with Crippen LogP contribution >= 0.6 is 15.9 Å². The van der Waals surface area contributed by atoms with Crippen LogP contribution in [0.25, 0.3) is 0 Å². The van der Waals surface area contributed by atoms with Gasteiger partial charge < -0.3 is 11.1 Å². The zero-order chi connectivity index (χ0) is 10.0. The lowest BCUT2D eigenvalue weighted by Gasteiger charge is -2.07. The summed E-state index contributed by atoms with van der Waals surface area (Å²) in [6.45, 7) is 0. The summed E-state index contributed by atoms with van der Waals surface area (Å²) in [6, 6.07) is 3.08. The molecule has 1 rings (SSSR count). The van der Waals surface area contributed by atoms with Gasteiger partial charge in [0.25, 0.3) is 5.91 Å². The molecule has 0 aliphatic heterocycles. The third-order valence-electron chi connectivity index (χ3n) is 1.61. The lowest BCUT2D eigenvalue weighted by Crippen LogP contribution is -2.15. The fraction of sp³-hybridized carbons (Fsp3) is 0.125. The number of carbonyl (C=O) groups is 1. The Balaban J connectivity index is 3.41. The van der Waals surface area contributed by atoms with Gasteiger partial charge in [-0.25, -0.2) is 4.39 Å². The predicted molar refractivity (Wildman–Crippen MR) is 52.2 cm³/mol. The van der Waals surface area contributed by atoms with Crippen molar-refractivity contribution in [2.24, 2.45) is 5.73 Å². The maximum atomic E-state index is 13.3. The highest BCUT2D eigenvalue weighted by atomic mass is 79.9. The molecule has 1 amide bonds. The molecule has 0 bridgehead atoms. The number of carbonyl (C=O) groups excluding carboxylic acids is 1. The summed E-state index contributed by atoms with van der Waals surface area (Å²) in [5.41, 5.74) is 5.27. The Labute approximate surface area is 83.2 Å². The van der Waals surface area contributed by atoms with E-state index in [1.165, 1.54) is 6.07 Å². The molecule has 0 aliphatic carbocycles. The van der Waals surface area contributed by atoms with Crippen molar-refractivity contribution in [1.29, 1.82) is 0 Å². The molecular formula is C8H8BrFN2O. The first-order chi connectivity index (χ1) is 6.07. The average molecular weight is 247 g/mol. The van der Waals surface area contributed by atoms with Crippen LogP contribution in [0.4, 0.5) is 10.1 Å². The van der Waals surface area contributed by atoms with E-state index < -0.39 is 11.7 Å². The summed E-state index contributed by atoms with van der Waals surface area (Å²) < 4.78 is 13.5. The summed E-state index contributed by atoms with van der Waals surface area (Å²) in [5.74, 6) is -1.43. The standard InChI is InChI=1S/C8H8BrFN2O/c1-12-5-3-2-4(9)7(10)6(5)8(11)13/h2-3,12H,1H3,(H2,11,13). The number of hydrogen-bond acceptors (Lipinski definition) is 2. The highest BCUT2D eigenvalue weighted by molar-refractivity contribution is 9.10. The van der Waals surface area contributed by atoms with Crippen molar-refractivity contribution in [3.05, 3.63) is 28.0 Å².